The van der Waals surface area contributed by atoms with Gasteiger partial charge < -0.3 is 9.47 Å². The van der Waals surface area contributed by atoms with E-state index >= 15 is 0 Å². The van der Waals surface area contributed by atoms with Crippen molar-refractivity contribution in [3.05, 3.63) is 69.3 Å². The summed E-state index contributed by atoms with van der Waals surface area (Å²) in [6.07, 6.45) is -10.2. The lowest BCUT2D eigenvalue weighted by atomic mass is 9.97. The van der Waals surface area contributed by atoms with Crippen LogP contribution in [0, 0.1) is 0 Å². The normalized spacial score (nSPS) is 11.9. The van der Waals surface area contributed by atoms with Gasteiger partial charge in [0.15, 0.2) is 5.69 Å². The van der Waals surface area contributed by atoms with E-state index in [9.17, 15) is 35.9 Å². The maximum Gasteiger partial charge on any atom is 0.417 e. The Morgan fingerprint density at radius 3 is 1.94 bits per heavy atom. The van der Waals surface area contributed by atoms with Crippen LogP contribution in [0.5, 0.6) is 0 Å². The Morgan fingerprint density at radius 1 is 0.882 bits per heavy atom. The third kappa shape index (κ3) is 4.65. The predicted octanol–water partition coefficient (Wildman–Crippen LogP) is 5.91. The Morgan fingerprint density at radius 2 is 1.44 bits per heavy atom. The van der Waals surface area contributed by atoms with E-state index in [1.54, 1.807) is 6.07 Å². The van der Waals surface area contributed by atoms with Gasteiger partial charge in [0.1, 0.15) is 11.3 Å². The number of hydrogen-bond donors (Lipinski definition) is 0. The van der Waals surface area contributed by atoms with Gasteiger partial charge in [-0.05, 0) is 24.3 Å². The highest BCUT2D eigenvalue weighted by molar-refractivity contribution is 9.10. The molecule has 2 aromatic carbocycles. The van der Waals surface area contributed by atoms with Crippen molar-refractivity contribution in [1.29, 1.82) is 0 Å². The monoisotopic (exact) mass is 550 g/mol. The number of halogens is 7. The summed E-state index contributed by atoms with van der Waals surface area (Å²) in [6.45, 7) is 0. The first-order chi connectivity index (χ1) is 15.8. The second kappa shape index (κ2) is 9.12. The number of carbonyl (C=O) groups excluding carboxylic acids is 2. The lowest BCUT2D eigenvalue weighted by molar-refractivity contribution is -0.141. The summed E-state index contributed by atoms with van der Waals surface area (Å²) in [5, 5.41) is 3.95. The number of methoxy groups -OCH3 is 2. The molecular formula is C21H13BrF6N2O4. The predicted molar refractivity (Wildman–Crippen MR) is 109 cm³/mol. The Labute approximate surface area is 196 Å². The van der Waals surface area contributed by atoms with E-state index in [4.69, 9.17) is 0 Å². The number of para-hydroxylation sites is 1. The lowest BCUT2D eigenvalue weighted by Crippen LogP contribution is -2.16. The number of carbonyl (C=O) groups is 2. The van der Waals surface area contributed by atoms with Crippen LogP contribution in [-0.2, 0) is 21.8 Å². The van der Waals surface area contributed by atoms with E-state index in [-0.39, 0.29) is 17.8 Å². The average molecular weight is 551 g/mol. The molecule has 0 saturated heterocycles. The summed E-state index contributed by atoms with van der Waals surface area (Å²) < 4.78 is 91.4. The average Bonchev–Trinajstić information content (AvgIpc) is 3.17. The highest BCUT2D eigenvalue weighted by Gasteiger charge is 2.42. The quantitative estimate of drug-likeness (QED) is 0.298. The number of alkyl halides is 6. The van der Waals surface area contributed by atoms with Crippen LogP contribution in [0.3, 0.4) is 0 Å². The molecule has 34 heavy (non-hydrogen) atoms. The molecule has 3 aromatic rings. The molecule has 0 aliphatic carbocycles. The number of nitrogens with zero attached hydrogens (tertiary/aromatic N) is 2. The Hall–Kier alpha value is -3.35. The number of hydrogen-bond acceptors (Lipinski definition) is 5. The van der Waals surface area contributed by atoms with E-state index in [0.717, 1.165) is 18.9 Å². The molecule has 0 aliphatic heterocycles. The fraction of sp³-hybridized carbons (Fsp3) is 0.190. The van der Waals surface area contributed by atoms with Crippen LogP contribution in [0.2, 0.25) is 0 Å². The van der Waals surface area contributed by atoms with Gasteiger partial charge in [-0.2, -0.15) is 31.4 Å². The van der Waals surface area contributed by atoms with Crippen LogP contribution < -0.4 is 0 Å². The van der Waals surface area contributed by atoms with Crippen LogP contribution >= 0.6 is 15.9 Å². The van der Waals surface area contributed by atoms with Crippen molar-refractivity contribution in [1.82, 2.24) is 9.78 Å². The number of esters is 2. The minimum atomic E-state index is -5.14. The molecule has 0 atom stereocenters. The molecule has 0 spiro atoms. The van der Waals surface area contributed by atoms with Gasteiger partial charge >= 0.3 is 24.3 Å². The Balaban J connectivity index is 2.52. The second-order valence-electron chi connectivity index (χ2n) is 6.68. The van der Waals surface area contributed by atoms with E-state index < -0.39 is 62.4 Å². The molecule has 1 aromatic heterocycles. The van der Waals surface area contributed by atoms with Gasteiger partial charge in [0.2, 0.25) is 0 Å². The van der Waals surface area contributed by atoms with E-state index in [2.05, 4.69) is 30.5 Å². The summed E-state index contributed by atoms with van der Waals surface area (Å²) in [5.41, 5.74) is -6.18. The van der Waals surface area contributed by atoms with Crippen LogP contribution in [0.25, 0.3) is 16.9 Å². The zero-order valence-electron chi connectivity index (χ0n) is 17.2. The summed E-state index contributed by atoms with van der Waals surface area (Å²) in [4.78, 5) is 25.2. The molecule has 0 aliphatic rings. The number of rotatable bonds is 4. The van der Waals surface area contributed by atoms with Crippen molar-refractivity contribution in [3.8, 4) is 16.9 Å². The first-order valence-electron chi connectivity index (χ1n) is 9.14. The smallest absolute Gasteiger partial charge is 0.417 e. The van der Waals surface area contributed by atoms with Crippen LogP contribution in [0.15, 0.2) is 46.9 Å². The van der Waals surface area contributed by atoms with Crippen molar-refractivity contribution in [3.63, 3.8) is 0 Å². The van der Waals surface area contributed by atoms with E-state index in [1.165, 1.54) is 24.3 Å². The maximum atomic E-state index is 13.9. The number of aromatic nitrogens is 2. The number of ether oxygens (including phenoxy) is 2. The van der Waals surface area contributed by atoms with Crippen molar-refractivity contribution < 1.29 is 45.4 Å². The third-order valence-electron chi connectivity index (χ3n) is 4.63. The minimum absolute atomic E-state index is 0.126. The SMILES string of the molecule is COC(=O)c1c(-c2cc(C(F)(F)F)c(Br)cc2C(F)(F)F)nn(-c2ccccc2)c1C(=O)OC. The fourth-order valence-electron chi connectivity index (χ4n) is 3.16. The molecule has 0 unspecified atom stereocenters. The molecule has 180 valence electrons. The topological polar surface area (TPSA) is 70.4 Å². The first-order valence-corrected chi connectivity index (χ1v) is 9.94. The van der Waals surface area contributed by atoms with Crippen molar-refractivity contribution >= 4 is 27.9 Å². The van der Waals surface area contributed by atoms with Crippen LogP contribution in [0.1, 0.15) is 32.0 Å². The zero-order chi connectivity index (χ0) is 25.4. The summed E-state index contributed by atoms with van der Waals surface area (Å²) in [6, 6.07) is 7.89. The van der Waals surface area contributed by atoms with Gasteiger partial charge in [0.25, 0.3) is 0 Å². The van der Waals surface area contributed by atoms with Gasteiger partial charge in [-0.15, -0.1) is 0 Å². The molecule has 0 radical (unpaired) electrons. The standard InChI is InChI=1S/C21H13BrF6N2O4/c1-33-18(31)15-16(29-30(17(15)19(32)34-2)10-6-4-3-5-7-10)11-8-13(21(26,27)28)14(22)9-12(11)20(23,24)25/h3-9H,1-2H3. The lowest BCUT2D eigenvalue weighted by Gasteiger charge is -2.17. The molecule has 0 bridgehead atoms. The molecule has 3 rings (SSSR count). The van der Waals surface area contributed by atoms with Gasteiger partial charge in [-0.3, -0.25) is 0 Å². The molecule has 0 N–H and O–H groups in total. The minimum Gasteiger partial charge on any atom is -0.465 e. The molecular weight excluding hydrogens is 538 g/mol. The van der Waals surface area contributed by atoms with E-state index in [1.807, 2.05) is 0 Å². The van der Waals surface area contributed by atoms with Gasteiger partial charge in [-0.1, -0.05) is 34.1 Å². The van der Waals surface area contributed by atoms with Crippen LogP contribution in [-0.4, -0.2) is 35.9 Å². The fourth-order valence-corrected chi connectivity index (χ4v) is 3.73. The second-order valence-corrected chi connectivity index (χ2v) is 7.53. The third-order valence-corrected chi connectivity index (χ3v) is 5.28. The molecule has 0 fully saturated rings. The maximum absolute atomic E-state index is 13.9. The Bertz CT molecular complexity index is 1250. The van der Waals surface area contributed by atoms with Gasteiger partial charge in [-0.25, -0.2) is 14.3 Å². The van der Waals surface area contributed by atoms with Crippen molar-refractivity contribution in [2.75, 3.05) is 14.2 Å². The molecule has 13 heteroatoms. The highest BCUT2D eigenvalue weighted by Crippen LogP contribution is 2.45. The Kier molecular flexibility index (Phi) is 6.78. The van der Waals surface area contributed by atoms with Crippen molar-refractivity contribution in [2.45, 2.75) is 12.4 Å². The van der Waals surface area contributed by atoms with Crippen molar-refractivity contribution in [2.24, 2.45) is 0 Å². The summed E-state index contributed by atoms with van der Waals surface area (Å²) in [7, 11) is 1.84. The largest absolute Gasteiger partial charge is 0.465 e. The summed E-state index contributed by atoms with van der Waals surface area (Å²) in [5.74, 6) is -2.48. The number of benzene rings is 2. The van der Waals surface area contributed by atoms with Crippen LogP contribution in [0.4, 0.5) is 26.3 Å². The molecule has 1 heterocycles. The van der Waals surface area contributed by atoms with E-state index in [0.29, 0.717) is 0 Å². The van der Waals surface area contributed by atoms with Gasteiger partial charge in [0.05, 0.1) is 31.0 Å². The molecule has 0 saturated carbocycles. The van der Waals surface area contributed by atoms with Gasteiger partial charge in [0, 0.05) is 10.0 Å². The first kappa shape index (κ1) is 25.3. The molecule has 6 nitrogen and oxygen atoms in total. The summed E-state index contributed by atoms with van der Waals surface area (Å²) >= 11 is 2.52. The zero-order valence-corrected chi connectivity index (χ0v) is 18.8. The highest BCUT2D eigenvalue weighted by atomic mass is 79.9. The molecule has 0 amide bonds.